The highest BCUT2D eigenvalue weighted by atomic mass is 19.4. The minimum absolute atomic E-state index is 0.131. The van der Waals surface area contributed by atoms with Crippen molar-refractivity contribution in [3.8, 4) is 11.4 Å². The lowest BCUT2D eigenvalue weighted by Crippen LogP contribution is -2.06. The number of hydrogen-bond acceptors (Lipinski definition) is 3. The van der Waals surface area contributed by atoms with Crippen LogP contribution in [0.5, 0.6) is 5.75 Å². The second-order valence-electron chi connectivity index (χ2n) is 3.65. The Morgan fingerprint density at radius 2 is 2.16 bits per heavy atom. The maximum Gasteiger partial charge on any atom is 0.416 e. The third kappa shape index (κ3) is 3.12. The van der Waals surface area contributed by atoms with E-state index in [1.54, 1.807) is 0 Å². The van der Waals surface area contributed by atoms with Crippen LogP contribution in [0.3, 0.4) is 0 Å². The van der Waals surface area contributed by atoms with Crippen molar-refractivity contribution in [1.82, 2.24) is 9.78 Å². The van der Waals surface area contributed by atoms with Gasteiger partial charge in [-0.15, -0.1) is 0 Å². The van der Waals surface area contributed by atoms with Gasteiger partial charge in [-0.1, -0.05) is 6.07 Å². The first-order chi connectivity index (χ1) is 9.00. The molecule has 0 fully saturated rings. The average molecular weight is 270 g/mol. The Bertz CT molecular complexity index is 578. The van der Waals surface area contributed by atoms with Crippen LogP contribution in [0.2, 0.25) is 0 Å². The van der Waals surface area contributed by atoms with Crippen molar-refractivity contribution in [2.45, 2.75) is 6.18 Å². The van der Waals surface area contributed by atoms with Gasteiger partial charge in [0.2, 0.25) is 0 Å². The molecule has 0 aliphatic carbocycles. The SMILES string of the molecule is O=CCOc1cnn(-c2cccc(C(F)(F)F)c2)c1. The molecule has 0 radical (unpaired) electrons. The van der Waals surface area contributed by atoms with Crippen molar-refractivity contribution in [1.29, 1.82) is 0 Å². The Hall–Kier alpha value is -2.31. The van der Waals surface area contributed by atoms with Crippen LogP contribution in [0.25, 0.3) is 5.69 Å². The molecule has 0 bridgehead atoms. The lowest BCUT2D eigenvalue weighted by atomic mass is 10.2. The molecule has 1 heterocycles. The number of nitrogens with zero attached hydrogens (tertiary/aromatic N) is 2. The van der Waals surface area contributed by atoms with Crippen molar-refractivity contribution < 1.29 is 22.7 Å². The maximum absolute atomic E-state index is 12.6. The number of hydrogen-bond donors (Lipinski definition) is 0. The summed E-state index contributed by atoms with van der Waals surface area (Å²) in [6.07, 6.45) is -1.11. The van der Waals surface area contributed by atoms with E-state index < -0.39 is 11.7 Å². The van der Waals surface area contributed by atoms with Crippen molar-refractivity contribution >= 4 is 6.29 Å². The molecule has 2 rings (SSSR count). The first-order valence-electron chi connectivity index (χ1n) is 5.29. The first kappa shape index (κ1) is 13.1. The Morgan fingerprint density at radius 1 is 1.37 bits per heavy atom. The van der Waals surface area contributed by atoms with Gasteiger partial charge in [-0.3, -0.25) is 4.79 Å². The molecule has 0 saturated heterocycles. The first-order valence-corrected chi connectivity index (χ1v) is 5.29. The van der Waals surface area contributed by atoms with Gasteiger partial charge in [-0.25, -0.2) is 4.68 Å². The van der Waals surface area contributed by atoms with Gasteiger partial charge in [0, 0.05) is 0 Å². The zero-order chi connectivity index (χ0) is 13.9. The summed E-state index contributed by atoms with van der Waals surface area (Å²) < 4.78 is 43.9. The summed E-state index contributed by atoms with van der Waals surface area (Å²) >= 11 is 0. The molecule has 7 heteroatoms. The summed E-state index contributed by atoms with van der Waals surface area (Å²) in [5.74, 6) is 0.310. The number of ether oxygens (including phenoxy) is 1. The van der Waals surface area contributed by atoms with E-state index in [1.807, 2.05) is 0 Å². The number of rotatable bonds is 4. The van der Waals surface area contributed by atoms with Crippen LogP contribution < -0.4 is 4.74 Å². The molecule has 0 spiro atoms. The zero-order valence-electron chi connectivity index (χ0n) is 9.59. The van der Waals surface area contributed by atoms with Gasteiger partial charge in [-0.2, -0.15) is 18.3 Å². The number of aldehydes is 1. The second-order valence-corrected chi connectivity index (χ2v) is 3.65. The van der Waals surface area contributed by atoms with Crippen molar-refractivity contribution in [2.75, 3.05) is 6.61 Å². The van der Waals surface area contributed by atoms with E-state index in [0.29, 0.717) is 12.0 Å². The topological polar surface area (TPSA) is 44.1 Å². The minimum Gasteiger partial charge on any atom is -0.483 e. The molecule has 0 aliphatic heterocycles. The van der Waals surface area contributed by atoms with Gasteiger partial charge in [0.25, 0.3) is 0 Å². The van der Waals surface area contributed by atoms with Crippen LogP contribution in [0.1, 0.15) is 5.56 Å². The third-order valence-corrected chi connectivity index (χ3v) is 2.31. The lowest BCUT2D eigenvalue weighted by Gasteiger charge is -2.08. The van der Waals surface area contributed by atoms with Crippen LogP contribution in [0.15, 0.2) is 36.7 Å². The van der Waals surface area contributed by atoms with E-state index in [9.17, 15) is 18.0 Å². The van der Waals surface area contributed by atoms with E-state index in [-0.39, 0.29) is 12.3 Å². The number of benzene rings is 1. The van der Waals surface area contributed by atoms with Gasteiger partial charge in [0.1, 0.15) is 6.61 Å². The van der Waals surface area contributed by atoms with Crippen LogP contribution in [0, 0.1) is 0 Å². The summed E-state index contributed by atoms with van der Waals surface area (Å²) in [6.45, 7) is -0.131. The van der Waals surface area contributed by atoms with Crippen LogP contribution in [-0.2, 0) is 11.0 Å². The molecular formula is C12H9F3N2O2. The van der Waals surface area contributed by atoms with E-state index in [0.717, 1.165) is 12.1 Å². The number of carbonyl (C=O) groups is 1. The Morgan fingerprint density at radius 3 is 2.84 bits per heavy atom. The zero-order valence-corrected chi connectivity index (χ0v) is 9.59. The third-order valence-electron chi connectivity index (χ3n) is 2.31. The molecule has 0 saturated carbocycles. The average Bonchev–Trinajstić information content (AvgIpc) is 2.84. The maximum atomic E-state index is 12.6. The quantitative estimate of drug-likeness (QED) is 0.802. The van der Waals surface area contributed by atoms with Gasteiger partial charge in [-0.05, 0) is 18.2 Å². The van der Waals surface area contributed by atoms with E-state index in [4.69, 9.17) is 4.74 Å². The van der Waals surface area contributed by atoms with Crippen LogP contribution in [0.4, 0.5) is 13.2 Å². The Labute approximate surface area is 106 Å². The fourth-order valence-electron chi connectivity index (χ4n) is 1.48. The Kier molecular flexibility index (Phi) is 3.55. The standard InChI is InChI=1S/C12H9F3N2O2/c13-12(14,15)9-2-1-3-10(6-9)17-8-11(7-16-17)19-5-4-18/h1-4,6-8H,5H2. The molecule has 0 atom stereocenters. The molecule has 2 aromatic rings. The largest absolute Gasteiger partial charge is 0.483 e. The van der Waals surface area contributed by atoms with Gasteiger partial charge >= 0.3 is 6.18 Å². The van der Waals surface area contributed by atoms with E-state index in [2.05, 4.69) is 5.10 Å². The predicted molar refractivity (Wildman–Crippen MR) is 60.1 cm³/mol. The summed E-state index contributed by atoms with van der Waals surface area (Å²) in [5.41, 5.74) is -0.494. The van der Waals surface area contributed by atoms with Crippen molar-refractivity contribution in [3.63, 3.8) is 0 Å². The lowest BCUT2D eigenvalue weighted by molar-refractivity contribution is -0.137. The highest BCUT2D eigenvalue weighted by Gasteiger charge is 2.30. The van der Waals surface area contributed by atoms with Gasteiger partial charge < -0.3 is 4.74 Å². The summed E-state index contributed by atoms with van der Waals surface area (Å²) in [5, 5.41) is 3.87. The van der Waals surface area contributed by atoms with E-state index in [1.165, 1.54) is 29.2 Å². The highest BCUT2D eigenvalue weighted by Crippen LogP contribution is 2.30. The van der Waals surface area contributed by atoms with Crippen molar-refractivity contribution in [2.24, 2.45) is 0 Å². The molecule has 1 aromatic carbocycles. The molecule has 19 heavy (non-hydrogen) atoms. The molecule has 0 unspecified atom stereocenters. The normalized spacial score (nSPS) is 11.3. The van der Waals surface area contributed by atoms with Crippen LogP contribution >= 0.6 is 0 Å². The minimum atomic E-state index is -4.40. The fraction of sp³-hybridized carbons (Fsp3) is 0.167. The van der Waals surface area contributed by atoms with Gasteiger partial charge in [0.15, 0.2) is 12.0 Å². The molecule has 100 valence electrons. The second kappa shape index (κ2) is 5.13. The van der Waals surface area contributed by atoms with Crippen LogP contribution in [-0.4, -0.2) is 22.7 Å². The molecule has 4 nitrogen and oxygen atoms in total. The number of halogens is 3. The smallest absolute Gasteiger partial charge is 0.416 e. The van der Waals surface area contributed by atoms with Crippen molar-refractivity contribution in [3.05, 3.63) is 42.2 Å². The monoisotopic (exact) mass is 270 g/mol. The summed E-state index contributed by atoms with van der Waals surface area (Å²) in [7, 11) is 0. The summed E-state index contributed by atoms with van der Waals surface area (Å²) in [4.78, 5) is 10.1. The number of carbonyl (C=O) groups excluding carboxylic acids is 1. The molecule has 1 aromatic heterocycles. The number of aromatic nitrogens is 2. The fourth-order valence-corrected chi connectivity index (χ4v) is 1.48. The molecule has 0 N–H and O–H groups in total. The van der Waals surface area contributed by atoms with E-state index >= 15 is 0 Å². The molecule has 0 amide bonds. The van der Waals surface area contributed by atoms with Gasteiger partial charge in [0.05, 0.1) is 23.6 Å². The number of alkyl halides is 3. The molecule has 0 aliphatic rings. The molecular weight excluding hydrogens is 261 g/mol. The Balaban J connectivity index is 2.26. The predicted octanol–water partition coefficient (Wildman–Crippen LogP) is 2.47. The summed E-state index contributed by atoms with van der Waals surface area (Å²) in [6, 6.07) is 4.75. The highest BCUT2D eigenvalue weighted by molar-refractivity contribution is 5.51.